The summed E-state index contributed by atoms with van der Waals surface area (Å²) in [6.07, 6.45) is 2.14. The van der Waals surface area contributed by atoms with Crippen molar-refractivity contribution in [3.05, 3.63) is 59.7 Å². The molecule has 0 N–H and O–H groups in total. The largest absolute Gasteiger partial charge is 0.416 e. The van der Waals surface area contributed by atoms with Crippen LogP contribution in [0, 0.1) is 13.8 Å². The van der Waals surface area contributed by atoms with Gasteiger partial charge in [-0.15, -0.1) is 0 Å². The summed E-state index contributed by atoms with van der Waals surface area (Å²) in [5.41, 5.74) is 2.69. The molecule has 2 aromatic rings. The first-order valence-corrected chi connectivity index (χ1v) is 32.8. The number of benzene rings is 2. The smallest absolute Gasteiger partial charge is 0.317 e. The Bertz CT molecular complexity index is 1110. The van der Waals surface area contributed by atoms with Gasteiger partial charge in [0.1, 0.15) is 0 Å². The molecule has 0 aromatic heterocycles. The lowest BCUT2D eigenvalue weighted by atomic mass is 10.2. The lowest BCUT2D eigenvalue weighted by Crippen LogP contribution is -2.67. The molecule has 0 aliphatic carbocycles. The van der Waals surface area contributed by atoms with Crippen LogP contribution in [-0.2, 0) is 16.5 Å². The molecule has 1 aliphatic heterocycles. The molecule has 10 heteroatoms. The fraction of sp³-hybridized carbons (Fsp3) is 0.625. The van der Waals surface area contributed by atoms with Crippen LogP contribution in [0.2, 0.25) is 88.6 Å². The molecule has 0 spiro atoms. The fourth-order valence-corrected chi connectivity index (χ4v) is 40.1. The van der Waals surface area contributed by atoms with Crippen molar-refractivity contribution in [1.29, 1.82) is 0 Å². The molecule has 42 heavy (non-hydrogen) atoms. The third-order valence-corrected chi connectivity index (χ3v) is 35.8. The first kappa shape index (κ1) is 36.1. The third kappa shape index (κ3) is 9.79. The average molecular weight is 677 g/mol. The molecule has 1 aliphatic rings. The van der Waals surface area contributed by atoms with Crippen LogP contribution in [0.25, 0.3) is 0 Å². The van der Waals surface area contributed by atoms with Crippen LogP contribution in [0.4, 0.5) is 0 Å². The Morgan fingerprint density at radius 2 is 0.833 bits per heavy atom. The van der Waals surface area contributed by atoms with Crippen LogP contribution in [0.15, 0.2) is 48.5 Å². The summed E-state index contributed by atoms with van der Waals surface area (Å²) in [6, 6.07) is 24.7. The monoisotopic (exact) mass is 676 g/mol. The quantitative estimate of drug-likeness (QED) is 0.210. The molecule has 2 aromatic carbocycles. The van der Waals surface area contributed by atoms with E-state index < -0.39 is 50.4 Å². The van der Waals surface area contributed by atoms with Crippen LogP contribution in [0.3, 0.4) is 0 Å². The molecule has 1 fully saturated rings. The predicted molar refractivity (Wildman–Crippen MR) is 197 cm³/mol. The highest BCUT2D eigenvalue weighted by atomic mass is 28.5. The van der Waals surface area contributed by atoms with E-state index in [9.17, 15) is 0 Å². The van der Waals surface area contributed by atoms with Crippen molar-refractivity contribution in [3.63, 3.8) is 0 Å². The molecule has 0 bridgehead atoms. The molecular formula is C32H60O4Si6. The molecule has 4 atom stereocenters. The predicted octanol–water partition coefficient (Wildman–Crippen LogP) is 9.02. The van der Waals surface area contributed by atoms with Crippen LogP contribution >= 0.6 is 0 Å². The van der Waals surface area contributed by atoms with Gasteiger partial charge < -0.3 is 16.5 Å². The van der Waals surface area contributed by atoms with Crippen molar-refractivity contribution in [2.45, 2.75) is 129 Å². The van der Waals surface area contributed by atoms with Gasteiger partial charge in [0, 0.05) is 0 Å². The van der Waals surface area contributed by atoms with Crippen molar-refractivity contribution < 1.29 is 16.5 Å². The summed E-state index contributed by atoms with van der Waals surface area (Å²) < 4.78 is 29.6. The summed E-state index contributed by atoms with van der Waals surface area (Å²) >= 11 is 0. The first-order valence-electron chi connectivity index (χ1n) is 16.3. The first-order chi connectivity index (χ1) is 19.4. The molecule has 1 heterocycles. The van der Waals surface area contributed by atoms with Gasteiger partial charge in [0.25, 0.3) is 0 Å². The van der Waals surface area contributed by atoms with Crippen LogP contribution in [-0.4, -0.2) is 50.4 Å². The lowest BCUT2D eigenvalue weighted by molar-refractivity contribution is 0.223. The number of hydrogen-bond acceptors (Lipinski definition) is 4. The van der Waals surface area contributed by atoms with Crippen LogP contribution in [0.1, 0.15) is 37.8 Å². The summed E-state index contributed by atoms with van der Waals surface area (Å²) in [6.45, 7) is 28.3. The zero-order valence-electron chi connectivity index (χ0n) is 28.9. The SMILES string of the molecule is CCC[Si]1(C)O[Si](C)(CCC)O[Si](C)(CC[Si](C)(C)c2cccc(C)c2)O[Si](C)(CC[Si](C)(C)c2cccc(C)c2)O1. The number of rotatable bonds is 12. The summed E-state index contributed by atoms with van der Waals surface area (Å²) in [5, 5.41) is 3.06. The second kappa shape index (κ2) is 13.9. The van der Waals surface area contributed by atoms with E-state index in [-0.39, 0.29) is 0 Å². The van der Waals surface area contributed by atoms with E-state index in [2.05, 4.69) is 129 Å². The summed E-state index contributed by atoms with van der Waals surface area (Å²) in [4.78, 5) is 0. The zero-order valence-corrected chi connectivity index (χ0v) is 34.9. The van der Waals surface area contributed by atoms with Gasteiger partial charge in [0.05, 0.1) is 16.1 Å². The van der Waals surface area contributed by atoms with Crippen molar-refractivity contribution in [3.8, 4) is 0 Å². The van der Waals surface area contributed by atoms with Crippen molar-refractivity contribution >= 4 is 60.8 Å². The van der Waals surface area contributed by atoms with Gasteiger partial charge in [-0.05, 0) is 64.2 Å². The Morgan fingerprint density at radius 1 is 0.524 bits per heavy atom. The van der Waals surface area contributed by atoms with Gasteiger partial charge in [-0.3, -0.25) is 0 Å². The minimum absolute atomic E-state index is 0.999. The van der Waals surface area contributed by atoms with Crippen LogP contribution in [0.5, 0.6) is 0 Å². The van der Waals surface area contributed by atoms with Crippen molar-refractivity contribution in [2.75, 3.05) is 0 Å². The lowest BCUT2D eigenvalue weighted by Gasteiger charge is -2.51. The maximum atomic E-state index is 7.53. The standard InChI is InChI=1S/C32H60O4Si6/c1-13-21-39(9)33-40(10,22-14-2)35-42(12,26-24-38(7,8)32-20-16-18-30(4)28-32)36-41(11,34-39)25-23-37(5,6)31-19-15-17-29(3)27-31/h15-20,27-28H,13-14,21-26H2,1-12H3. The molecule has 1 saturated heterocycles. The Labute approximate surface area is 265 Å². The zero-order chi connectivity index (χ0) is 31.5. The highest BCUT2D eigenvalue weighted by molar-refractivity contribution is 6.96. The normalized spacial score (nSPS) is 29.2. The van der Waals surface area contributed by atoms with Gasteiger partial charge in [0.2, 0.25) is 0 Å². The highest BCUT2D eigenvalue weighted by Gasteiger charge is 2.56. The second-order valence-corrected chi connectivity index (χ2v) is 39.0. The van der Waals surface area contributed by atoms with Crippen LogP contribution < -0.4 is 10.4 Å². The molecule has 4 nitrogen and oxygen atoms in total. The van der Waals surface area contributed by atoms with Gasteiger partial charge in [-0.1, -0.05) is 135 Å². The van der Waals surface area contributed by atoms with E-state index in [1.165, 1.54) is 21.5 Å². The molecule has 0 saturated carbocycles. The molecule has 236 valence electrons. The second-order valence-electron chi connectivity index (χ2n) is 15.0. The Morgan fingerprint density at radius 3 is 1.12 bits per heavy atom. The summed E-state index contributed by atoms with van der Waals surface area (Å²) in [5.74, 6) is 0. The maximum absolute atomic E-state index is 7.53. The minimum Gasteiger partial charge on any atom is -0.416 e. The Hall–Kier alpha value is -0.419. The van der Waals surface area contributed by atoms with Gasteiger partial charge in [0.15, 0.2) is 0 Å². The average Bonchev–Trinajstić information content (AvgIpc) is 2.85. The number of aryl methyl sites for hydroxylation is 2. The fourth-order valence-electron chi connectivity index (χ4n) is 6.73. The third-order valence-electron chi connectivity index (χ3n) is 9.14. The van der Waals surface area contributed by atoms with Gasteiger partial charge in [-0.2, -0.15) is 0 Å². The Balaban J connectivity index is 1.96. The van der Waals surface area contributed by atoms with Crippen molar-refractivity contribution in [2.24, 2.45) is 0 Å². The van der Waals surface area contributed by atoms with E-state index in [0.29, 0.717) is 0 Å². The minimum atomic E-state index is -2.61. The molecule has 4 unspecified atom stereocenters. The van der Waals surface area contributed by atoms with Gasteiger partial charge >= 0.3 is 34.2 Å². The molecule has 0 radical (unpaired) electrons. The van der Waals surface area contributed by atoms with E-state index >= 15 is 0 Å². The molecule has 3 rings (SSSR count). The number of hydrogen-bond donors (Lipinski definition) is 0. The Kier molecular flexibility index (Phi) is 11.9. The molecular weight excluding hydrogens is 617 g/mol. The van der Waals surface area contributed by atoms with E-state index in [4.69, 9.17) is 16.5 Å². The van der Waals surface area contributed by atoms with E-state index in [1.54, 1.807) is 0 Å². The topological polar surface area (TPSA) is 36.9 Å². The maximum Gasteiger partial charge on any atom is 0.317 e. The van der Waals surface area contributed by atoms with E-state index in [1.807, 2.05) is 0 Å². The van der Waals surface area contributed by atoms with Gasteiger partial charge in [-0.25, -0.2) is 0 Å². The highest BCUT2D eigenvalue weighted by Crippen LogP contribution is 2.40. The van der Waals surface area contributed by atoms with E-state index in [0.717, 1.165) is 49.1 Å². The summed E-state index contributed by atoms with van der Waals surface area (Å²) in [7, 11) is -13.5. The van der Waals surface area contributed by atoms with Crippen molar-refractivity contribution in [1.82, 2.24) is 0 Å². The molecule has 0 amide bonds.